The van der Waals surface area contributed by atoms with Gasteiger partial charge in [0.2, 0.25) is 10.0 Å². The van der Waals surface area contributed by atoms with Crippen LogP contribution in [0.1, 0.15) is 12.0 Å². The molecule has 0 saturated carbocycles. The highest BCUT2D eigenvalue weighted by Crippen LogP contribution is 2.19. The van der Waals surface area contributed by atoms with Crippen LogP contribution in [0.3, 0.4) is 0 Å². The number of anilines is 3. The van der Waals surface area contributed by atoms with Crippen LogP contribution in [-0.4, -0.2) is 48.4 Å². The van der Waals surface area contributed by atoms with Crippen molar-refractivity contribution < 1.29 is 21.6 Å². The van der Waals surface area contributed by atoms with Crippen LogP contribution in [0.25, 0.3) is 0 Å². The molecule has 2 heterocycles. The van der Waals surface area contributed by atoms with Crippen molar-refractivity contribution in [1.29, 1.82) is 0 Å². The van der Waals surface area contributed by atoms with E-state index in [1.165, 1.54) is 6.33 Å². The second kappa shape index (κ2) is 8.95. The topological polar surface area (TPSA) is 109 Å². The molecule has 0 unspecified atom stereocenters. The van der Waals surface area contributed by atoms with Gasteiger partial charge in [0.25, 0.3) is 0 Å². The summed E-state index contributed by atoms with van der Waals surface area (Å²) in [4.78, 5) is 12.2. The van der Waals surface area contributed by atoms with Gasteiger partial charge in [-0.2, -0.15) is 13.2 Å². The Morgan fingerprint density at radius 1 is 1.04 bits per heavy atom. The number of alkyl halides is 3. The normalized spacial score (nSPS) is 12.0. The van der Waals surface area contributed by atoms with Crippen LogP contribution in [0, 0.1) is 6.92 Å². The maximum absolute atomic E-state index is 12.1. The SMILES string of the molecule is Cc1ccnc(Nc2cc(NCCNS(=O)(=O)CCC(F)(F)F)ncn2)c1. The summed E-state index contributed by atoms with van der Waals surface area (Å²) in [5.41, 5.74) is 1.03. The van der Waals surface area contributed by atoms with Crippen LogP contribution < -0.4 is 15.4 Å². The van der Waals surface area contributed by atoms with E-state index in [2.05, 4.69) is 30.3 Å². The van der Waals surface area contributed by atoms with Crippen molar-refractivity contribution in [3.63, 3.8) is 0 Å². The molecule has 3 N–H and O–H groups in total. The number of aromatic nitrogens is 3. The van der Waals surface area contributed by atoms with Crippen LogP contribution in [0.2, 0.25) is 0 Å². The Kier molecular flexibility index (Phi) is 6.91. The lowest BCUT2D eigenvalue weighted by molar-refractivity contribution is -0.129. The van der Waals surface area contributed by atoms with Gasteiger partial charge in [-0.3, -0.25) is 0 Å². The molecule has 0 aliphatic carbocycles. The molecule has 12 heteroatoms. The quantitative estimate of drug-likeness (QED) is 0.550. The summed E-state index contributed by atoms with van der Waals surface area (Å²) in [5, 5.41) is 5.88. The molecule has 0 bridgehead atoms. The molecule has 0 spiro atoms. The summed E-state index contributed by atoms with van der Waals surface area (Å²) >= 11 is 0. The van der Waals surface area contributed by atoms with Crippen LogP contribution in [0.4, 0.5) is 30.6 Å². The van der Waals surface area contributed by atoms with Crippen molar-refractivity contribution in [2.24, 2.45) is 0 Å². The van der Waals surface area contributed by atoms with E-state index in [1.54, 1.807) is 12.3 Å². The number of aryl methyl sites for hydroxylation is 1. The molecular formula is C15H19F3N6O2S. The Morgan fingerprint density at radius 3 is 2.44 bits per heavy atom. The number of sulfonamides is 1. The molecule has 8 nitrogen and oxygen atoms in total. The zero-order chi connectivity index (χ0) is 19.9. The number of hydrogen-bond acceptors (Lipinski definition) is 7. The van der Waals surface area contributed by atoms with E-state index in [4.69, 9.17) is 0 Å². The summed E-state index contributed by atoms with van der Waals surface area (Å²) in [6.07, 6.45) is -2.93. The number of nitrogens with zero attached hydrogens (tertiary/aromatic N) is 3. The Bertz CT molecular complexity index is 861. The second-order valence-electron chi connectivity index (χ2n) is 5.64. The first kappa shape index (κ1) is 20.8. The summed E-state index contributed by atoms with van der Waals surface area (Å²) < 4.78 is 61.3. The second-order valence-corrected chi connectivity index (χ2v) is 7.56. The molecule has 0 atom stereocenters. The minimum Gasteiger partial charge on any atom is -0.369 e. The zero-order valence-corrected chi connectivity index (χ0v) is 15.2. The average Bonchev–Trinajstić information content (AvgIpc) is 2.57. The fourth-order valence-electron chi connectivity index (χ4n) is 1.98. The third-order valence-corrected chi connectivity index (χ3v) is 4.63. The predicted molar refractivity (Wildman–Crippen MR) is 95.2 cm³/mol. The van der Waals surface area contributed by atoms with Gasteiger partial charge in [0.1, 0.15) is 23.8 Å². The van der Waals surface area contributed by atoms with E-state index in [-0.39, 0.29) is 13.1 Å². The number of rotatable bonds is 9. The van der Waals surface area contributed by atoms with Gasteiger partial charge in [0, 0.05) is 25.4 Å². The molecule has 27 heavy (non-hydrogen) atoms. The number of pyridine rings is 1. The third-order valence-electron chi connectivity index (χ3n) is 3.25. The highest BCUT2D eigenvalue weighted by atomic mass is 32.2. The van der Waals surface area contributed by atoms with Gasteiger partial charge < -0.3 is 10.6 Å². The van der Waals surface area contributed by atoms with Crippen molar-refractivity contribution in [1.82, 2.24) is 19.7 Å². The largest absolute Gasteiger partial charge is 0.390 e. The maximum Gasteiger partial charge on any atom is 0.390 e. The van der Waals surface area contributed by atoms with E-state index in [0.717, 1.165) is 5.56 Å². The predicted octanol–water partition coefficient (Wildman–Crippen LogP) is 2.21. The van der Waals surface area contributed by atoms with E-state index < -0.39 is 28.4 Å². The summed E-state index contributed by atoms with van der Waals surface area (Å²) in [7, 11) is -3.99. The molecule has 0 radical (unpaired) electrons. The maximum atomic E-state index is 12.1. The molecule has 0 aliphatic heterocycles. The van der Waals surface area contributed by atoms with Crippen LogP contribution in [0.5, 0.6) is 0 Å². The van der Waals surface area contributed by atoms with Crippen molar-refractivity contribution in [3.05, 3.63) is 36.3 Å². The Balaban J connectivity index is 1.81. The van der Waals surface area contributed by atoms with Gasteiger partial charge in [-0.25, -0.2) is 28.1 Å². The minimum atomic E-state index is -4.51. The first-order valence-electron chi connectivity index (χ1n) is 7.93. The zero-order valence-electron chi connectivity index (χ0n) is 14.4. The highest BCUT2D eigenvalue weighted by molar-refractivity contribution is 7.89. The molecule has 0 saturated heterocycles. The fraction of sp³-hybridized carbons (Fsp3) is 0.400. The van der Waals surface area contributed by atoms with Gasteiger partial charge in [0.15, 0.2) is 0 Å². The highest BCUT2D eigenvalue weighted by Gasteiger charge is 2.29. The number of halogens is 3. The lowest BCUT2D eigenvalue weighted by atomic mass is 10.3. The minimum absolute atomic E-state index is 0.0770. The molecular weight excluding hydrogens is 385 g/mol. The molecule has 0 fully saturated rings. The van der Waals surface area contributed by atoms with Gasteiger partial charge in [-0.15, -0.1) is 0 Å². The van der Waals surface area contributed by atoms with Crippen LogP contribution in [-0.2, 0) is 10.0 Å². The molecule has 0 amide bonds. The van der Waals surface area contributed by atoms with Crippen molar-refractivity contribution in [3.8, 4) is 0 Å². The Morgan fingerprint density at radius 2 is 1.74 bits per heavy atom. The fourth-order valence-corrected chi connectivity index (χ4v) is 3.04. The van der Waals surface area contributed by atoms with Gasteiger partial charge in [-0.1, -0.05) is 0 Å². The number of nitrogens with one attached hydrogen (secondary N) is 3. The van der Waals surface area contributed by atoms with E-state index in [0.29, 0.717) is 17.5 Å². The standard InChI is InChI=1S/C15H19F3N6O2S/c1-11-2-4-19-13(8-11)24-14-9-12(21-10-22-14)20-5-6-23-27(25,26)7-3-15(16,17)18/h2,4,8-10,23H,3,5-7H2,1H3,(H2,19,20,21,22,24). The summed E-state index contributed by atoms with van der Waals surface area (Å²) in [5.74, 6) is 0.518. The average molecular weight is 404 g/mol. The first-order valence-corrected chi connectivity index (χ1v) is 9.58. The molecule has 148 valence electrons. The summed E-state index contributed by atoms with van der Waals surface area (Å²) in [6, 6.07) is 5.29. The van der Waals surface area contributed by atoms with Crippen LogP contribution in [0.15, 0.2) is 30.7 Å². The first-order chi connectivity index (χ1) is 12.6. The van der Waals surface area contributed by atoms with E-state index in [1.807, 2.05) is 19.1 Å². The van der Waals surface area contributed by atoms with E-state index in [9.17, 15) is 21.6 Å². The van der Waals surface area contributed by atoms with Crippen molar-refractivity contribution >= 4 is 27.5 Å². The Hall–Kier alpha value is -2.47. The van der Waals surface area contributed by atoms with Gasteiger partial charge in [0.05, 0.1) is 12.2 Å². The molecule has 2 rings (SSSR count). The van der Waals surface area contributed by atoms with Gasteiger partial charge >= 0.3 is 6.18 Å². The van der Waals surface area contributed by atoms with Crippen molar-refractivity contribution in [2.45, 2.75) is 19.5 Å². The number of hydrogen-bond donors (Lipinski definition) is 3. The molecule has 2 aromatic heterocycles. The van der Waals surface area contributed by atoms with Crippen molar-refractivity contribution in [2.75, 3.05) is 29.5 Å². The third kappa shape index (κ3) is 8.17. The Labute approximate surface area is 154 Å². The van der Waals surface area contributed by atoms with E-state index >= 15 is 0 Å². The molecule has 2 aromatic rings. The molecule has 0 aliphatic rings. The lowest BCUT2D eigenvalue weighted by Crippen LogP contribution is -2.32. The summed E-state index contributed by atoms with van der Waals surface area (Å²) in [6.45, 7) is 1.99. The lowest BCUT2D eigenvalue weighted by Gasteiger charge is -2.10. The monoisotopic (exact) mass is 404 g/mol. The van der Waals surface area contributed by atoms with Gasteiger partial charge in [-0.05, 0) is 24.6 Å². The van der Waals surface area contributed by atoms with Crippen LogP contribution >= 0.6 is 0 Å². The smallest absolute Gasteiger partial charge is 0.369 e. The molecule has 0 aromatic carbocycles.